The van der Waals surface area contributed by atoms with E-state index in [1.54, 1.807) is 0 Å². The van der Waals surface area contributed by atoms with Crippen LogP contribution in [0.5, 0.6) is 0 Å². The number of ether oxygens (including phenoxy) is 2. The molecule has 9 nitrogen and oxygen atoms in total. The topological polar surface area (TPSA) is 111 Å². The van der Waals surface area contributed by atoms with Crippen LogP contribution >= 0.6 is 7.82 Å². The van der Waals surface area contributed by atoms with E-state index in [-0.39, 0.29) is 32.0 Å². The Morgan fingerprint density at radius 3 is 1.39 bits per heavy atom. The van der Waals surface area contributed by atoms with E-state index < -0.39 is 26.5 Å². The lowest BCUT2D eigenvalue weighted by Crippen LogP contribution is -2.37. The highest BCUT2D eigenvalue weighted by atomic mass is 31.2. The molecule has 0 fully saturated rings. The van der Waals surface area contributed by atoms with Gasteiger partial charge in [0, 0.05) is 12.8 Å². The van der Waals surface area contributed by atoms with Crippen molar-refractivity contribution < 1.29 is 42.1 Å². The molecule has 57 heavy (non-hydrogen) atoms. The van der Waals surface area contributed by atoms with Crippen LogP contribution in [0.4, 0.5) is 0 Å². The Kier molecular flexibility index (Phi) is 38.9. The summed E-state index contributed by atoms with van der Waals surface area (Å²) >= 11 is 0. The zero-order valence-corrected chi connectivity index (χ0v) is 38.7. The minimum atomic E-state index is -4.62. The maximum Gasteiger partial charge on any atom is 0.306 e. The average Bonchev–Trinajstić information content (AvgIpc) is 3.16. The fourth-order valence-electron chi connectivity index (χ4n) is 6.51. The number of carbonyl (C=O) groups is 2. The molecule has 0 aromatic heterocycles. The maximum atomic E-state index is 12.7. The van der Waals surface area contributed by atoms with Crippen LogP contribution in [0.1, 0.15) is 213 Å². The molecule has 0 saturated carbocycles. The van der Waals surface area contributed by atoms with Crippen molar-refractivity contribution >= 4 is 19.8 Å². The van der Waals surface area contributed by atoms with Crippen LogP contribution in [0.3, 0.4) is 0 Å². The molecule has 0 amide bonds. The standard InChI is InChI=1S/C47H90NO8P/c1-6-8-10-12-14-16-17-18-19-20-21-22-23-24-25-26-27-28-29-30-31-32-34-36-38-40-47(50)56-45(44-55-57(51,52)54-42-41-48(3,4)5)43-53-46(49)39-37-35-33-15-13-11-9-7-2/h17-18,20-21,45H,6-16,19,22-44H2,1-5H3/b18-17-,21-20-. The number of carbonyl (C=O) groups excluding carboxylic acids is 2. The third kappa shape index (κ3) is 43.9. The molecule has 0 radical (unpaired) electrons. The van der Waals surface area contributed by atoms with Gasteiger partial charge in [0.1, 0.15) is 19.8 Å². The summed E-state index contributed by atoms with van der Waals surface area (Å²) in [5.41, 5.74) is 0. The molecule has 336 valence electrons. The van der Waals surface area contributed by atoms with Crippen molar-refractivity contribution in [3.05, 3.63) is 24.3 Å². The van der Waals surface area contributed by atoms with Crippen LogP contribution < -0.4 is 4.89 Å². The Labute approximate surface area is 351 Å². The van der Waals surface area contributed by atoms with Gasteiger partial charge in [0.05, 0.1) is 27.7 Å². The van der Waals surface area contributed by atoms with Crippen LogP contribution in [0, 0.1) is 0 Å². The van der Waals surface area contributed by atoms with Crippen LogP contribution in [-0.2, 0) is 32.7 Å². The Morgan fingerprint density at radius 1 is 0.544 bits per heavy atom. The second-order valence-corrected chi connectivity index (χ2v) is 18.5. The third-order valence-electron chi connectivity index (χ3n) is 10.2. The van der Waals surface area contributed by atoms with E-state index in [1.165, 1.54) is 135 Å². The number of phosphoric ester groups is 1. The van der Waals surface area contributed by atoms with Crippen LogP contribution in [-0.4, -0.2) is 70.0 Å². The highest BCUT2D eigenvalue weighted by Crippen LogP contribution is 2.38. The van der Waals surface area contributed by atoms with Gasteiger partial charge >= 0.3 is 11.9 Å². The minimum absolute atomic E-state index is 0.0289. The number of esters is 2. The van der Waals surface area contributed by atoms with Crippen molar-refractivity contribution in [2.75, 3.05) is 47.5 Å². The smallest absolute Gasteiger partial charge is 0.306 e. The molecule has 0 aliphatic carbocycles. The fraction of sp³-hybridized carbons (Fsp3) is 0.872. The van der Waals surface area contributed by atoms with Crippen molar-refractivity contribution in [3.63, 3.8) is 0 Å². The molecule has 0 aliphatic rings. The molecule has 0 saturated heterocycles. The summed E-state index contributed by atoms with van der Waals surface area (Å²) < 4.78 is 33.8. The van der Waals surface area contributed by atoms with E-state index in [2.05, 4.69) is 38.2 Å². The van der Waals surface area contributed by atoms with E-state index in [4.69, 9.17) is 18.5 Å². The van der Waals surface area contributed by atoms with Gasteiger partial charge in [-0.05, 0) is 44.9 Å². The monoisotopic (exact) mass is 828 g/mol. The number of likely N-dealkylation sites (N-methyl/N-ethyl adjacent to an activating group) is 1. The molecule has 0 spiro atoms. The average molecular weight is 828 g/mol. The Hall–Kier alpha value is -1.51. The molecule has 0 bridgehead atoms. The van der Waals surface area contributed by atoms with Gasteiger partial charge in [-0.15, -0.1) is 0 Å². The van der Waals surface area contributed by atoms with Crippen molar-refractivity contribution in [2.24, 2.45) is 0 Å². The number of phosphoric acid groups is 1. The predicted octanol–water partition coefficient (Wildman–Crippen LogP) is 12.9. The summed E-state index contributed by atoms with van der Waals surface area (Å²) in [6.07, 6.45) is 43.7. The molecular formula is C47H90NO8P. The predicted molar refractivity (Wildman–Crippen MR) is 236 cm³/mol. The van der Waals surface area contributed by atoms with Gasteiger partial charge < -0.3 is 27.9 Å². The Morgan fingerprint density at radius 2 is 0.947 bits per heavy atom. The van der Waals surface area contributed by atoms with Crippen LogP contribution in [0.15, 0.2) is 24.3 Å². The van der Waals surface area contributed by atoms with E-state index >= 15 is 0 Å². The van der Waals surface area contributed by atoms with Crippen molar-refractivity contribution in [1.82, 2.24) is 0 Å². The quantitative estimate of drug-likeness (QED) is 0.0196. The number of rotatable bonds is 43. The summed E-state index contributed by atoms with van der Waals surface area (Å²) in [6.45, 7) is 4.20. The first-order valence-corrected chi connectivity index (χ1v) is 25.0. The number of quaternary nitrogens is 1. The van der Waals surface area contributed by atoms with Crippen LogP contribution in [0.2, 0.25) is 0 Å². The highest BCUT2D eigenvalue weighted by Gasteiger charge is 2.21. The molecule has 2 atom stereocenters. The molecule has 10 heteroatoms. The second kappa shape index (κ2) is 39.9. The van der Waals surface area contributed by atoms with Crippen LogP contribution in [0.25, 0.3) is 0 Å². The van der Waals surface area contributed by atoms with Gasteiger partial charge in [0.2, 0.25) is 0 Å². The van der Waals surface area contributed by atoms with E-state index in [1.807, 2.05) is 21.1 Å². The Bertz CT molecular complexity index is 1030. The molecule has 0 aromatic rings. The first-order valence-electron chi connectivity index (χ1n) is 23.5. The van der Waals surface area contributed by atoms with E-state index in [0.29, 0.717) is 17.4 Å². The van der Waals surface area contributed by atoms with Gasteiger partial charge in [-0.25, -0.2) is 0 Å². The first kappa shape index (κ1) is 55.5. The molecular weight excluding hydrogens is 737 g/mol. The summed E-state index contributed by atoms with van der Waals surface area (Å²) in [5, 5.41) is 0. The van der Waals surface area contributed by atoms with Gasteiger partial charge in [0.15, 0.2) is 6.10 Å². The molecule has 0 aromatic carbocycles. The molecule has 0 aliphatic heterocycles. The molecule has 0 heterocycles. The number of unbranched alkanes of at least 4 members (excludes halogenated alkanes) is 25. The number of nitrogens with zero attached hydrogens (tertiary/aromatic N) is 1. The number of hydrogen-bond acceptors (Lipinski definition) is 8. The van der Waals surface area contributed by atoms with E-state index in [9.17, 15) is 19.0 Å². The maximum absolute atomic E-state index is 12.7. The van der Waals surface area contributed by atoms with Gasteiger partial charge in [-0.2, -0.15) is 0 Å². The SMILES string of the molecule is CCCCCCC/C=C\C/C=C\CCCCCCCCCCCCCCCC(=O)OC(COC(=O)CCCCCCCCCC)COP(=O)([O-])OCC[N+](C)(C)C. The van der Waals surface area contributed by atoms with Gasteiger partial charge in [-0.3, -0.25) is 14.2 Å². The second-order valence-electron chi connectivity index (χ2n) is 17.1. The normalized spacial score (nSPS) is 13.7. The summed E-state index contributed by atoms with van der Waals surface area (Å²) in [7, 11) is 1.17. The van der Waals surface area contributed by atoms with Gasteiger partial charge in [-0.1, -0.05) is 179 Å². The van der Waals surface area contributed by atoms with Crippen molar-refractivity contribution in [1.29, 1.82) is 0 Å². The number of hydrogen-bond donors (Lipinski definition) is 0. The van der Waals surface area contributed by atoms with Gasteiger partial charge in [0.25, 0.3) is 7.82 Å². The summed E-state index contributed by atoms with van der Waals surface area (Å²) in [6, 6.07) is 0. The zero-order chi connectivity index (χ0) is 42.1. The van der Waals surface area contributed by atoms with E-state index in [0.717, 1.165) is 44.9 Å². The highest BCUT2D eigenvalue weighted by molar-refractivity contribution is 7.45. The summed E-state index contributed by atoms with van der Waals surface area (Å²) in [4.78, 5) is 37.4. The lowest BCUT2D eigenvalue weighted by molar-refractivity contribution is -0.870. The molecule has 0 rings (SSSR count). The van der Waals surface area contributed by atoms with Crippen molar-refractivity contribution in [2.45, 2.75) is 219 Å². The summed E-state index contributed by atoms with van der Waals surface area (Å²) in [5.74, 6) is -0.833. The lowest BCUT2D eigenvalue weighted by Gasteiger charge is -2.28. The lowest BCUT2D eigenvalue weighted by atomic mass is 10.0. The minimum Gasteiger partial charge on any atom is -0.756 e. The number of allylic oxidation sites excluding steroid dienone is 4. The molecule has 0 N–H and O–H groups in total. The molecule has 2 unspecified atom stereocenters. The fourth-order valence-corrected chi connectivity index (χ4v) is 7.24. The first-order chi connectivity index (χ1) is 27.5. The Balaban J connectivity index is 4.11. The van der Waals surface area contributed by atoms with Crippen molar-refractivity contribution in [3.8, 4) is 0 Å². The zero-order valence-electron chi connectivity index (χ0n) is 37.8. The third-order valence-corrected chi connectivity index (χ3v) is 11.2. The largest absolute Gasteiger partial charge is 0.756 e.